The topological polar surface area (TPSA) is 76.5 Å². The van der Waals surface area contributed by atoms with Gasteiger partial charge in [-0.1, -0.05) is 55.0 Å². The number of ether oxygens (including phenoxy) is 1. The summed E-state index contributed by atoms with van der Waals surface area (Å²) in [5, 5.41) is 3.49. The van der Waals surface area contributed by atoms with Gasteiger partial charge in [0.05, 0.1) is 29.8 Å². The Bertz CT molecular complexity index is 1430. The highest BCUT2D eigenvalue weighted by Gasteiger charge is 2.21. The third-order valence-electron chi connectivity index (χ3n) is 6.64. The van der Waals surface area contributed by atoms with E-state index < -0.39 is 0 Å². The second kappa shape index (κ2) is 10.3. The summed E-state index contributed by atoms with van der Waals surface area (Å²) in [5.74, 6) is 0.565. The number of carbonyl (C=O) groups is 1. The minimum absolute atomic E-state index is 0.157. The van der Waals surface area contributed by atoms with E-state index in [0.29, 0.717) is 55.3 Å². The van der Waals surface area contributed by atoms with Crippen LogP contribution in [0.5, 0.6) is 0 Å². The molecule has 0 radical (unpaired) electrons. The van der Waals surface area contributed by atoms with Crippen LogP contribution in [-0.2, 0) is 4.74 Å². The van der Waals surface area contributed by atoms with Gasteiger partial charge in [-0.25, -0.2) is 9.55 Å². The Balaban J connectivity index is 1.49. The van der Waals surface area contributed by atoms with Gasteiger partial charge in [0, 0.05) is 25.2 Å². The monoisotopic (exact) mass is 482 g/mol. The molecule has 0 aliphatic carbocycles. The van der Waals surface area contributed by atoms with Crippen LogP contribution < -0.4 is 15.8 Å². The lowest BCUT2D eigenvalue weighted by atomic mass is 10.0. The summed E-state index contributed by atoms with van der Waals surface area (Å²) in [7, 11) is 0. The summed E-state index contributed by atoms with van der Waals surface area (Å²) in [4.78, 5) is 33.6. The second-order valence-corrected chi connectivity index (χ2v) is 9.24. The fraction of sp³-hybridized carbons (Fsp3) is 0.276. The van der Waals surface area contributed by atoms with Crippen molar-refractivity contribution in [2.24, 2.45) is 0 Å². The van der Waals surface area contributed by atoms with E-state index in [-0.39, 0.29) is 17.4 Å². The molecule has 1 saturated heterocycles. The van der Waals surface area contributed by atoms with E-state index in [0.717, 1.165) is 11.3 Å². The van der Waals surface area contributed by atoms with E-state index in [9.17, 15) is 9.59 Å². The number of morpholine rings is 1. The van der Waals surface area contributed by atoms with Crippen molar-refractivity contribution in [1.82, 2.24) is 14.9 Å². The third-order valence-corrected chi connectivity index (χ3v) is 6.64. The molecule has 0 spiro atoms. The molecule has 4 aromatic rings. The van der Waals surface area contributed by atoms with Crippen LogP contribution in [0.15, 0.2) is 77.6 Å². The number of aryl methyl sites for hydroxylation is 1. The number of aromatic nitrogens is 2. The molecule has 5 rings (SSSR count). The van der Waals surface area contributed by atoms with Gasteiger partial charge in [-0.05, 0) is 48.7 Å². The summed E-state index contributed by atoms with van der Waals surface area (Å²) in [6, 6.07) is 23.0. The van der Waals surface area contributed by atoms with Crippen molar-refractivity contribution in [2.75, 3.05) is 37.7 Å². The predicted octanol–water partition coefficient (Wildman–Crippen LogP) is 4.06. The second-order valence-electron chi connectivity index (χ2n) is 9.24. The largest absolute Gasteiger partial charge is 0.378 e. The average Bonchev–Trinajstić information content (AvgIpc) is 2.93. The summed E-state index contributed by atoms with van der Waals surface area (Å²) in [6.45, 7) is 7.04. The smallest absolute Gasteiger partial charge is 0.267 e. The van der Waals surface area contributed by atoms with Crippen LogP contribution in [-0.4, -0.2) is 48.3 Å². The highest BCUT2D eigenvalue weighted by molar-refractivity contribution is 5.97. The summed E-state index contributed by atoms with van der Waals surface area (Å²) in [6.07, 6.45) is 0. The molecule has 0 saturated carbocycles. The van der Waals surface area contributed by atoms with Crippen LogP contribution in [0.3, 0.4) is 0 Å². The van der Waals surface area contributed by atoms with Gasteiger partial charge < -0.3 is 15.0 Å². The Morgan fingerprint density at radius 2 is 1.75 bits per heavy atom. The van der Waals surface area contributed by atoms with E-state index in [1.165, 1.54) is 5.56 Å². The molecule has 0 bridgehead atoms. The number of hydrogen-bond donors (Lipinski definition) is 1. The van der Waals surface area contributed by atoms with Gasteiger partial charge in [-0.15, -0.1) is 0 Å². The average molecular weight is 483 g/mol. The standard InChI is InChI=1S/C29H30N4O3/c1-20-8-11-24(12-9-20)33-28(35)25-13-10-23(18-26(25)31-29(33)32-14-16-36-17-15-32)27(34)30-19-21(2)22-6-4-3-5-7-22/h3-13,18,21H,14-17,19H2,1-2H3,(H,30,34)/t21-/m1/s1. The summed E-state index contributed by atoms with van der Waals surface area (Å²) < 4.78 is 7.18. The maximum Gasteiger partial charge on any atom is 0.267 e. The Morgan fingerprint density at radius 1 is 1.03 bits per heavy atom. The van der Waals surface area contributed by atoms with Crippen LogP contribution in [0.1, 0.15) is 34.3 Å². The zero-order chi connectivity index (χ0) is 25.1. The van der Waals surface area contributed by atoms with Gasteiger partial charge in [0.25, 0.3) is 11.5 Å². The first-order valence-corrected chi connectivity index (χ1v) is 12.3. The van der Waals surface area contributed by atoms with Crippen molar-refractivity contribution in [2.45, 2.75) is 19.8 Å². The normalized spacial score (nSPS) is 14.6. The minimum Gasteiger partial charge on any atom is -0.378 e. The molecule has 184 valence electrons. The Labute approximate surface area is 210 Å². The van der Waals surface area contributed by atoms with Crippen molar-refractivity contribution < 1.29 is 9.53 Å². The van der Waals surface area contributed by atoms with E-state index in [1.807, 2.05) is 49.4 Å². The molecule has 1 aliphatic heterocycles. The van der Waals surface area contributed by atoms with Crippen molar-refractivity contribution >= 4 is 22.8 Å². The molecule has 1 fully saturated rings. The van der Waals surface area contributed by atoms with E-state index >= 15 is 0 Å². The van der Waals surface area contributed by atoms with Gasteiger partial charge >= 0.3 is 0 Å². The first-order chi connectivity index (χ1) is 17.5. The molecular formula is C29H30N4O3. The lowest BCUT2D eigenvalue weighted by molar-refractivity contribution is 0.0951. The molecule has 2 heterocycles. The lowest BCUT2D eigenvalue weighted by Crippen LogP contribution is -2.40. The van der Waals surface area contributed by atoms with Crippen LogP contribution in [0, 0.1) is 6.92 Å². The number of nitrogens with one attached hydrogen (secondary N) is 1. The van der Waals surface area contributed by atoms with Crippen molar-refractivity contribution in [3.63, 3.8) is 0 Å². The lowest BCUT2D eigenvalue weighted by Gasteiger charge is -2.30. The first kappa shape index (κ1) is 23.8. The number of hydrogen-bond acceptors (Lipinski definition) is 5. The molecule has 7 nitrogen and oxygen atoms in total. The van der Waals surface area contributed by atoms with E-state index in [4.69, 9.17) is 9.72 Å². The number of carbonyl (C=O) groups excluding carboxylic acids is 1. The highest BCUT2D eigenvalue weighted by Crippen LogP contribution is 2.22. The molecule has 1 N–H and O–H groups in total. The fourth-order valence-corrected chi connectivity index (χ4v) is 4.46. The van der Waals surface area contributed by atoms with Gasteiger partial charge in [0.15, 0.2) is 0 Å². The van der Waals surface area contributed by atoms with Crippen LogP contribution in [0.4, 0.5) is 5.95 Å². The highest BCUT2D eigenvalue weighted by atomic mass is 16.5. The van der Waals surface area contributed by atoms with Gasteiger partial charge in [-0.3, -0.25) is 9.59 Å². The number of benzene rings is 3. The van der Waals surface area contributed by atoms with Gasteiger partial charge in [0.1, 0.15) is 0 Å². The quantitative estimate of drug-likeness (QED) is 0.449. The van der Waals surface area contributed by atoms with Gasteiger partial charge in [0.2, 0.25) is 5.95 Å². The molecule has 36 heavy (non-hydrogen) atoms. The molecule has 1 amide bonds. The van der Waals surface area contributed by atoms with Crippen molar-refractivity contribution in [3.8, 4) is 5.69 Å². The molecule has 1 atom stereocenters. The zero-order valence-corrected chi connectivity index (χ0v) is 20.6. The van der Waals surface area contributed by atoms with E-state index in [1.54, 1.807) is 22.8 Å². The zero-order valence-electron chi connectivity index (χ0n) is 20.6. The number of fused-ring (bicyclic) bond motifs is 1. The summed E-state index contributed by atoms with van der Waals surface area (Å²) in [5.41, 5.74) is 3.88. The van der Waals surface area contributed by atoms with Crippen LogP contribution in [0.25, 0.3) is 16.6 Å². The number of nitrogens with zero attached hydrogens (tertiary/aromatic N) is 3. The maximum atomic E-state index is 13.7. The van der Waals surface area contributed by atoms with E-state index in [2.05, 4.69) is 29.3 Å². The first-order valence-electron chi connectivity index (χ1n) is 12.3. The van der Waals surface area contributed by atoms with Crippen LogP contribution >= 0.6 is 0 Å². The molecule has 1 aliphatic rings. The molecule has 7 heteroatoms. The Hall–Kier alpha value is -3.97. The SMILES string of the molecule is Cc1ccc(-n2c(N3CCOCC3)nc3cc(C(=O)NC[C@@H](C)c4ccccc4)ccc3c2=O)cc1. The van der Waals surface area contributed by atoms with Crippen LogP contribution in [0.2, 0.25) is 0 Å². The van der Waals surface area contributed by atoms with Gasteiger partial charge in [-0.2, -0.15) is 0 Å². The molecular weight excluding hydrogens is 452 g/mol. The Morgan fingerprint density at radius 3 is 2.47 bits per heavy atom. The number of anilines is 1. The van der Waals surface area contributed by atoms with Crippen molar-refractivity contribution in [1.29, 1.82) is 0 Å². The predicted molar refractivity (Wildman–Crippen MR) is 142 cm³/mol. The van der Waals surface area contributed by atoms with Crippen molar-refractivity contribution in [3.05, 3.63) is 99.8 Å². The number of amides is 1. The Kier molecular flexibility index (Phi) is 6.82. The molecule has 0 unspecified atom stereocenters. The third kappa shape index (κ3) is 4.88. The fourth-order valence-electron chi connectivity index (χ4n) is 4.46. The summed E-state index contributed by atoms with van der Waals surface area (Å²) >= 11 is 0. The maximum absolute atomic E-state index is 13.7. The number of rotatable bonds is 6. The minimum atomic E-state index is -0.183. The molecule has 1 aromatic heterocycles. The molecule has 3 aromatic carbocycles.